The molecule has 1 heterocycles. The first kappa shape index (κ1) is 15.2. The first-order chi connectivity index (χ1) is 11.0. The molecule has 0 atom stereocenters. The topological polar surface area (TPSA) is 55.1 Å². The van der Waals surface area contributed by atoms with Crippen LogP contribution in [0.25, 0.3) is 5.69 Å². The Bertz CT molecular complexity index is 842. The molecule has 0 fully saturated rings. The van der Waals surface area contributed by atoms with E-state index < -0.39 is 5.97 Å². The number of carboxylic acid groups (broad SMARTS) is 1. The van der Waals surface area contributed by atoms with Crippen LogP contribution < -0.4 is 0 Å². The first-order valence-electron chi connectivity index (χ1n) is 6.85. The highest BCUT2D eigenvalue weighted by atomic mass is 35.5. The quantitative estimate of drug-likeness (QED) is 0.788. The number of carboxylic acids is 1. The van der Waals surface area contributed by atoms with Gasteiger partial charge in [0.05, 0.1) is 0 Å². The van der Waals surface area contributed by atoms with Crippen molar-refractivity contribution in [3.63, 3.8) is 0 Å². The molecule has 116 valence electrons. The number of nitrogens with zero attached hydrogens (tertiary/aromatic N) is 2. The minimum Gasteiger partial charge on any atom is -0.476 e. The Kier molecular flexibility index (Phi) is 4.12. The zero-order valence-electron chi connectivity index (χ0n) is 11.9. The fraction of sp³-hybridized carbons (Fsp3) is 0.0588. The van der Waals surface area contributed by atoms with Gasteiger partial charge in [-0.2, -0.15) is 0 Å². The summed E-state index contributed by atoms with van der Waals surface area (Å²) in [6.45, 7) is 0. The van der Waals surface area contributed by atoms with Crippen LogP contribution in [0, 0.1) is 5.82 Å². The van der Waals surface area contributed by atoms with Crippen molar-refractivity contribution in [2.75, 3.05) is 0 Å². The third-order valence-electron chi connectivity index (χ3n) is 3.38. The molecule has 3 aromatic rings. The van der Waals surface area contributed by atoms with Gasteiger partial charge in [0.1, 0.15) is 11.6 Å². The van der Waals surface area contributed by atoms with Gasteiger partial charge >= 0.3 is 5.97 Å². The minimum atomic E-state index is -1.10. The van der Waals surface area contributed by atoms with Crippen LogP contribution in [-0.4, -0.2) is 20.6 Å². The summed E-state index contributed by atoms with van der Waals surface area (Å²) < 4.78 is 14.7. The molecule has 1 aromatic heterocycles. The fourth-order valence-electron chi connectivity index (χ4n) is 2.26. The van der Waals surface area contributed by atoms with Crippen LogP contribution in [0.4, 0.5) is 4.39 Å². The van der Waals surface area contributed by atoms with Crippen molar-refractivity contribution in [3.05, 3.63) is 82.6 Å². The fourth-order valence-corrected chi connectivity index (χ4v) is 2.38. The molecule has 0 aliphatic carbocycles. The second-order valence-corrected chi connectivity index (χ2v) is 5.43. The molecular formula is C17H12ClFN2O2. The second-order valence-electron chi connectivity index (χ2n) is 5.00. The Balaban J connectivity index is 2.02. The summed E-state index contributed by atoms with van der Waals surface area (Å²) in [5, 5.41) is 9.76. The summed E-state index contributed by atoms with van der Waals surface area (Å²) in [6.07, 6.45) is 1.85. The van der Waals surface area contributed by atoms with Gasteiger partial charge in [-0.05, 0) is 42.0 Å². The van der Waals surface area contributed by atoms with E-state index in [1.807, 2.05) is 0 Å². The number of rotatable bonds is 4. The maximum Gasteiger partial charge on any atom is 0.356 e. The number of imidazole rings is 1. The van der Waals surface area contributed by atoms with Gasteiger partial charge in [0.2, 0.25) is 0 Å². The summed E-state index contributed by atoms with van der Waals surface area (Å²) in [7, 11) is 0. The second kappa shape index (κ2) is 6.22. The van der Waals surface area contributed by atoms with Crippen LogP contribution in [0.15, 0.2) is 54.7 Å². The predicted molar refractivity (Wildman–Crippen MR) is 84.7 cm³/mol. The molecule has 0 saturated heterocycles. The highest BCUT2D eigenvalue weighted by Gasteiger charge is 2.15. The first-order valence-corrected chi connectivity index (χ1v) is 7.22. The highest BCUT2D eigenvalue weighted by molar-refractivity contribution is 6.30. The molecule has 0 unspecified atom stereocenters. The Labute approximate surface area is 136 Å². The molecule has 0 aliphatic heterocycles. The predicted octanol–water partition coefficient (Wildman–Crippen LogP) is 3.95. The van der Waals surface area contributed by atoms with Crippen molar-refractivity contribution >= 4 is 17.6 Å². The van der Waals surface area contributed by atoms with E-state index in [0.717, 1.165) is 11.3 Å². The molecule has 0 radical (unpaired) electrons. The van der Waals surface area contributed by atoms with Gasteiger partial charge in [-0.3, -0.25) is 0 Å². The largest absolute Gasteiger partial charge is 0.476 e. The smallest absolute Gasteiger partial charge is 0.356 e. The van der Waals surface area contributed by atoms with Crippen molar-refractivity contribution in [2.45, 2.75) is 6.42 Å². The zero-order valence-corrected chi connectivity index (χ0v) is 12.7. The summed E-state index contributed by atoms with van der Waals surface area (Å²) >= 11 is 5.88. The van der Waals surface area contributed by atoms with Crippen molar-refractivity contribution in [1.82, 2.24) is 9.55 Å². The van der Waals surface area contributed by atoms with Gasteiger partial charge < -0.3 is 9.67 Å². The van der Waals surface area contributed by atoms with E-state index in [4.69, 9.17) is 16.7 Å². The molecule has 23 heavy (non-hydrogen) atoms. The van der Waals surface area contributed by atoms with Gasteiger partial charge in [-0.1, -0.05) is 23.7 Å². The van der Waals surface area contributed by atoms with E-state index in [1.54, 1.807) is 41.0 Å². The lowest BCUT2D eigenvalue weighted by atomic mass is 10.1. The van der Waals surface area contributed by atoms with E-state index in [1.165, 1.54) is 18.3 Å². The molecule has 0 saturated carbocycles. The van der Waals surface area contributed by atoms with E-state index in [0.29, 0.717) is 17.3 Å². The number of benzene rings is 2. The Morgan fingerprint density at radius 2 is 1.78 bits per heavy atom. The summed E-state index contributed by atoms with van der Waals surface area (Å²) in [5.74, 6) is -0.865. The third kappa shape index (κ3) is 3.40. The van der Waals surface area contributed by atoms with Crippen molar-refractivity contribution in [2.24, 2.45) is 0 Å². The van der Waals surface area contributed by atoms with Crippen LogP contribution in [0.3, 0.4) is 0 Å². The summed E-state index contributed by atoms with van der Waals surface area (Å²) in [6, 6.07) is 13.0. The lowest BCUT2D eigenvalue weighted by Crippen LogP contribution is -2.01. The Morgan fingerprint density at radius 1 is 1.13 bits per heavy atom. The monoisotopic (exact) mass is 330 g/mol. The van der Waals surface area contributed by atoms with Gasteiger partial charge in [-0.15, -0.1) is 0 Å². The van der Waals surface area contributed by atoms with E-state index in [-0.39, 0.29) is 11.5 Å². The van der Waals surface area contributed by atoms with Gasteiger partial charge in [0.25, 0.3) is 0 Å². The molecule has 2 aromatic carbocycles. The van der Waals surface area contributed by atoms with E-state index in [9.17, 15) is 9.18 Å². The molecule has 6 heteroatoms. The lowest BCUT2D eigenvalue weighted by molar-refractivity contribution is 0.0691. The van der Waals surface area contributed by atoms with Gasteiger partial charge in [0.15, 0.2) is 5.69 Å². The summed E-state index contributed by atoms with van der Waals surface area (Å²) in [4.78, 5) is 15.4. The van der Waals surface area contributed by atoms with Gasteiger partial charge in [-0.25, -0.2) is 14.2 Å². The number of hydrogen-bond donors (Lipinski definition) is 1. The average molecular weight is 331 g/mol. The maximum absolute atomic E-state index is 13.0. The number of hydrogen-bond acceptors (Lipinski definition) is 2. The van der Waals surface area contributed by atoms with Crippen molar-refractivity contribution < 1.29 is 14.3 Å². The van der Waals surface area contributed by atoms with E-state index >= 15 is 0 Å². The molecule has 0 amide bonds. The molecule has 0 spiro atoms. The molecule has 0 bridgehead atoms. The van der Waals surface area contributed by atoms with Crippen LogP contribution in [0.5, 0.6) is 0 Å². The van der Waals surface area contributed by atoms with Crippen molar-refractivity contribution in [3.8, 4) is 5.69 Å². The summed E-state index contributed by atoms with van der Waals surface area (Å²) in [5.41, 5.74) is 1.55. The van der Waals surface area contributed by atoms with Crippen LogP contribution in [-0.2, 0) is 6.42 Å². The molecule has 4 nitrogen and oxygen atoms in total. The lowest BCUT2D eigenvalue weighted by Gasteiger charge is -2.08. The van der Waals surface area contributed by atoms with Crippen molar-refractivity contribution in [1.29, 1.82) is 0 Å². The minimum absolute atomic E-state index is 0.0444. The van der Waals surface area contributed by atoms with Gasteiger partial charge in [0, 0.05) is 23.3 Å². The number of aromatic carboxylic acids is 1. The molecule has 0 aliphatic rings. The normalized spacial score (nSPS) is 10.7. The highest BCUT2D eigenvalue weighted by Crippen LogP contribution is 2.19. The molecular weight excluding hydrogens is 319 g/mol. The zero-order chi connectivity index (χ0) is 16.4. The maximum atomic E-state index is 13.0. The molecule has 3 rings (SSSR count). The van der Waals surface area contributed by atoms with E-state index in [2.05, 4.69) is 4.98 Å². The number of aromatic nitrogens is 2. The number of halogens is 2. The van der Waals surface area contributed by atoms with Crippen LogP contribution >= 0.6 is 11.6 Å². The number of carbonyl (C=O) groups is 1. The third-order valence-corrected chi connectivity index (χ3v) is 3.63. The Morgan fingerprint density at radius 3 is 2.39 bits per heavy atom. The van der Waals surface area contributed by atoms with Crippen LogP contribution in [0.2, 0.25) is 5.02 Å². The standard InChI is InChI=1S/C17H12ClFN2O2/c18-12-3-7-14(8-4-12)21-10-15(17(22)23)20-16(21)9-11-1-5-13(19)6-2-11/h1-8,10H,9H2,(H,22,23). The van der Waals surface area contributed by atoms with Crippen LogP contribution in [0.1, 0.15) is 21.9 Å². The molecule has 1 N–H and O–H groups in total. The SMILES string of the molecule is O=C(O)c1cn(-c2ccc(Cl)cc2)c(Cc2ccc(F)cc2)n1. The average Bonchev–Trinajstić information content (AvgIpc) is 2.94. The Hall–Kier alpha value is -2.66.